The third kappa shape index (κ3) is 4.74. The van der Waals surface area contributed by atoms with Crippen LogP contribution in [0, 0.1) is 5.92 Å². The van der Waals surface area contributed by atoms with Crippen molar-refractivity contribution in [2.75, 3.05) is 33.4 Å². The molecule has 0 aromatic heterocycles. The Morgan fingerprint density at radius 3 is 2.95 bits per heavy atom. The van der Waals surface area contributed by atoms with Gasteiger partial charge in [0.1, 0.15) is 0 Å². The van der Waals surface area contributed by atoms with Gasteiger partial charge in [0.15, 0.2) is 0 Å². The first kappa shape index (κ1) is 15.8. The summed E-state index contributed by atoms with van der Waals surface area (Å²) in [6, 6.07) is 7.86. The van der Waals surface area contributed by atoms with E-state index in [-0.39, 0.29) is 6.04 Å². The van der Waals surface area contributed by atoms with Crippen LogP contribution in [0.25, 0.3) is 0 Å². The van der Waals surface area contributed by atoms with E-state index in [1.54, 1.807) is 0 Å². The third-order valence-electron chi connectivity index (χ3n) is 3.95. The van der Waals surface area contributed by atoms with Crippen molar-refractivity contribution in [1.82, 2.24) is 4.90 Å². The minimum atomic E-state index is 0.00811. The van der Waals surface area contributed by atoms with E-state index >= 15 is 0 Å². The van der Waals surface area contributed by atoms with Crippen molar-refractivity contribution in [3.8, 4) is 0 Å². The van der Waals surface area contributed by atoms with E-state index in [0.717, 1.165) is 43.3 Å². The highest BCUT2D eigenvalue weighted by molar-refractivity contribution is 6.31. The van der Waals surface area contributed by atoms with Gasteiger partial charge in [-0.3, -0.25) is 0 Å². The van der Waals surface area contributed by atoms with Crippen LogP contribution in [0.1, 0.15) is 30.9 Å². The standard InChI is InChI=1S/C16H25ClN2O/c1-19(11-13-5-4-10-20-12-13)9-8-16(18)14-6-2-3-7-15(14)17/h2-3,6-7,13,16H,4-5,8-12,18H2,1H3. The summed E-state index contributed by atoms with van der Waals surface area (Å²) in [7, 11) is 2.16. The fraction of sp³-hybridized carbons (Fsp3) is 0.625. The minimum Gasteiger partial charge on any atom is -0.381 e. The second-order valence-corrected chi connectivity index (χ2v) is 6.17. The molecule has 0 radical (unpaired) electrons. The average molecular weight is 297 g/mol. The summed E-state index contributed by atoms with van der Waals surface area (Å²) in [5, 5.41) is 0.767. The van der Waals surface area contributed by atoms with Crippen LogP contribution < -0.4 is 5.73 Å². The Labute approximate surface area is 127 Å². The lowest BCUT2D eigenvalue weighted by Gasteiger charge is -2.27. The minimum absolute atomic E-state index is 0.00811. The molecule has 2 N–H and O–H groups in total. The predicted octanol–water partition coefficient (Wildman–Crippen LogP) is 3.09. The number of rotatable bonds is 6. The zero-order valence-corrected chi connectivity index (χ0v) is 13.0. The number of hydrogen-bond acceptors (Lipinski definition) is 3. The Bertz CT molecular complexity index is 407. The van der Waals surface area contributed by atoms with Crippen LogP contribution in [0.5, 0.6) is 0 Å². The maximum atomic E-state index is 6.24. The molecule has 4 heteroatoms. The van der Waals surface area contributed by atoms with Crippen molar-refractivity contribution < 1.29 is 4.74 Å². The maximum absolute atomic E-state index is 6.24. The van der Waals surface area contributed by atoms with Crippen LogP contribution in [0.15, 0.2) is 24.3 Å². The largest absolute Gasteiger partial charge is 0.381 e. The molecule has 0 saturated carbocycles. The van der Waals surface area contributed by atoms with Crippen molar-refractivity contribution in [3.63, 3.8) is 0 Å². The van der Waals surface area contributed by atoms with Crippen molar-refractivity contribution in [1.29, 1.82) is 0 Å². The molecule has 1 aliphatic rings. The van der Waals surface area contributed by atoms with Gasteiger partial charge in [-0.15, -0.1) is 0 Å². The lowest BCUT2D eigenvalue weighted by molar-refractivity contribution is 0.0417. The Hall–Kier alpha value is -0.610. The number of nitrogens with zero attached hydrogens (tertiary/aromatic N) is 1. The molecule has 0 spiro atoms. The molecule has 0 amide bonds. The highest BCUT2D eigenvalue weighted by Gasteiger charge is 2.17. The summed E-state index contributed by atoms with van der Waals surface area (Å²) < 4.78 is 5.52. The van der Waals surface area contributed by atoms with Gasteiger partial charge >= 0.3 is 0 Å². The van der Waals surface area contributed by atoms with Gasteiger partial charge in [-0.2, -0.15) is 0 Å². The molecule has 20 heavy (non-hydrogen) atoms. The first-order chi connectivity index (χ1) is 9.66. The molecule has 2 atom stereocenters. The van der Waals surface area contributed by atoms with E-state index in [1.807, 2.05) is 24.3 Å². The number of halogens is 1. The summed E-state index contributed by atoms with van der Waals surface area (Å²) in [4.78, 5) is 2.36. The van der Waals surface area contributed by atoms with Crippen LogP contribution in [0.3, 0.4) is 0 Å². The normalized spacial score (nSPS) is 21.1. The zero-order valence-electron chi connectivity index (χ0n) is 12.2. The van der Waals surface area contributed by atoms with Gasteiger partial charge < -0.3 is 15.4 Å². The molecule has 1 aromatic rings. The number of nitrogens with two attached hydrogens (primary N) is 1. The molecule has 0 aliphatic carbocycles. The van der Waals surface area contributed by atoms with Gasteiger partial charge in [0.05, 0.1) is 6.61 Å². The fourth-order valence-corrected chi connectivity index (χ4v) is 3.05. The second-order valence-electron chi connectivity index (χ2n) is 5.76. The molecule has 2 unspecified atom stereocenters. The van der Waals surface area contributed by atoms with Crippen LogP contribution in [0.4, 0.5) is 0 Å². The third-order valence-corrected chi connectivity index (χ3v) is 4.30. The number of ether oxygens (including phenoxy) is 1. The molecule has 0 bridgehead atoms. The number of benzene rings is 1. The summed E-state index contributed by atoms with van der Waals surface area (Å²) in [5.74, 6) is 0.672. The molecular weight excluding hydrogens is 272 g/mol. The molecular formula is C16H25ClN2O. The Balaban J connectivity index is 1.75. The summed E-state index contributed by atoms with van der Waals surface area (Å²) in [6.45, 7) is 3.91. The first-order valence-corrected chi connectivity index (χ1v) is 7.81. The SMILES string of the molecule is CN(CCC(N)c1ccccc1Cl)CC1CCCOC1. The van der Waals surface area contributed by atoms with Crippen LogP contribution >= 0.6 is 11.6 Å². The average Bonchev–Trinajstić information content (AvgIpc) is 2.46. The Morgan fingerprint density at radius 1 is 1.45 bits per heavy atom. The predicted molar refractivity (Wildman–Crippen MR) is 84.0 cm³/mol. The zero-order chi connectivity index (χ0) is 14.4. The summed E-state index contributed by atoms with van der Waals surface area (Å²) >= 11 is 6.18. The van der Waals surface area contributed by atoms with Crippen LogP contribution in [-0.2, 0) is 4.74 Å². The lowest BCUT2D eigenvalue weighted by atomic mass is 10.0. The van der Waals surface area contributed by atoms with Crippen LogP contribution in [-0.4, -0.2) is 38.3 Å². The maximum Gasteiger partial charge on any atom is 0.0506 e. The fourth-order valence-electron chi connectivity index (χ4n) is 2.77. The van der Waals surface area contributed by atoms with E-state index in [0.29, 0.717) is 5.92 Å². The summed E-state index contributed by atoms with van der Waals surface area (Å²) in [6.07, 6.45) is 3.40. The quantitative estimate of drug-likeness (QED) is 0.877. The van der Waals surface area contributed by atoms with E-state index in [4.69, 9.17) is 22.1 Å². The van der Waals surface area contributed by atoms with E-state index < -0.39 is 0 Å². The van der Waals surface area contributed by atoms with Crippen molar-refractivity contribution in [3.05, 3.63) is 34.9 Å². The van der Waals surface area contributed by atoms with Crippen LogP contribution in [0.2, 0.25) is 5.02 Å². The van der Waals surface area contributed by atoms with Gasteiger partial charge in [-0.25, -0.2) is 0 Å². The van der Waals surface area contributed by atoms with Gasteiger partial charge in [0, 0.05) is 24.2 Å². The van der Waals surface area contributed by atoms with Gasteiger partial charge in [0.2, 0.25) is 0 Å². The topological polar surface area (TPSA) is 38.5 Å². The van der Waals surface area contributed by atoms with Crippen molar-refractivity contribution in [2.24, 2.45) is 11.7 Å². The molecule has 1 aromatic carbocycles. The van der Waals surface area contributed by atoms with Gasteiger partial charge in [0.25, 0.3) is 0 Å². The van der Waals surface area contributed by atoms with E-state index in [1.165, 1.54) is 12.8 Å². The molecule has 112 valence electrons. The monoisotopic (exact) mass is 296 g/mol. The second kappa shape index (κ2) is 7.99. The highest BCUT2D eigenvalue weighted by Crippen LogP contribution is 2.23. The lowest BCUT2D eigenvalue weighted by Crippen LogP contribution is -2.32. The van der Waals surface area contributed by atoms with Crippen molar-refractivity contribution in [2.45, 2.75) is 25.3 Å². The van der Waals surface area contributed by atoms with Crippen molar-refractivity contribution >= 4 is 11.6 Å². The smallest absolute Gasteiger partial charge is 0.0506 e. The highest BCUT2D eigenvalue weighted by atomic mass is 35.5. The Kier molecular flexibility index (Phi) is 6.30. The molecule has 2 rings (SSSR count). The molecule has 1 fully saturated rings. The van der Waals surface area contributed by atoms with Gasteiger partial charge in [-0.05, 0) is 50.4 Å². The molecule has 1 aliphatic heterocycles. The van der Waals surface area contributed by atoms with E-state index in [9.17, 15) is 0 Å². The molecule has 1 saturated heterocycles. The Morgan fingerprint density at radius 2 is 2.25 bits per heavy atom. The number of hydrogen-bond donors (Lipinski definition) is 1. The van der Waals surface area contributed by atoms with E-state index in [2.05, 4.69) is 11.9 Å². The van der Waals surface area contributed by atoms with Gasteiger partial charge in [-0.1, -0.05) is 29.8 Å². The molecule has 3 nitrogen and oxygen atoms in total. The first-order valence-electron chi connectivity index (χ1n) is 7.43. The molecule has 1 heterocycles. The summed E-state index contributed by atoms with van der Waals surface area (Å²) in [5.41, 5.74) is 7.29.